The van der Waals surface area contributed by atoms with E-state index in [-0.39, 0.29) is 6.04 Å². The maximum atomic E-state index is 5.85. The molecule has 0 fully saturated rings. The van der Waals surface area contributed by atoms with Gasteiger partial charge in [-0.05, 0) is 31.5 Å². The highest BCUT2D eigenvalue weighted by atomic mass is 15.1. The van der Waals surface area contributed by atoms with E-state index in [1.54, 1.807) is 12.4 Å². The van der Waals surface area contributed by atoms with Crippen LogP contribution in [0, 0.1) is 13.8 Å². The number of pyridine rings is 1. The fourth-order valence-electron chi connectivity index (χ4n) is 1.83. The van der Waals surface area contributed by atoms with Crippen LogP contribution in [0.15, 0.2) is 30.9 Å². The topological polar surface area (TPSA) is 56.7 Å². The molecular formula is C12H16N4. The lowest BCUT2D eigenvalue weighted by Crippen LogP contribution is -2.20. The van der Waals surface area contributed by atoms with E-state index in [1.165, 1.54) is 0 Å². The van der Waals surface area contributed by atoms with Crippen LogP contribution >= 0.6 is 0 Å². The monoisotopic (exact) mass is 216 g/mol. The van der Waals surface area contributed by atoms with Gasteiger partial charge in [-0.25, -0.2) is 4.98 Å². The van der Waals surface area contributed by atoms with E-state index in [0.29, 0.717) is 6.54 Å². The Kier molecular flexibility index (Phi) is 3.01. The van der Waals surface area contributed by atoms with Crippen LogP contribution in [0.5, 0.6) is 0 Å². The first-order chi connectivity index (χ1) is 7.74. The third-order valence-electron chi connectivity index (χ3n) is 2.94. The van der Waals surface area contributed by atoms with Crippen LogP contribution in [-0.2, 0) is 0 Å². The second kappa shape index (κ2) is 4.45. The van der Waals surface area contributed by atoms with Gasteiger partial charge in [0.25, 0.3) is 0 Å². The minimum Gasteiger partial charge on any atom is -0.328 e. The van der Waals surface area contributed by atoms with Gasteiger partial charge in [0.2, 0.25) is 0 Å². The molecular weight excluding hydrogens is 200 g/mol. The predicted octanol–water partition coefficient (Wildman–Crippen LogP) is 1.44. The molecule has 2 N–H and O–H groups in total. The first-order valence-corrected chi connectivity index (χ1v) is 5.34. The van der Waals surface area contributed by atoms with Crippen molar-refractivity contribution in [3.63, 3.8) is 0 Å². The zero-order chi connectivity index (χ0) is 11.5. The number of hydrogen-bond donors (Lipinski definition) is 1. The van der Waals surface area contributed by atoms with E-state index in [9.17, 15) is 0 Å². The zero-order valence-electron chi connectivity index (χ0n) is 9.59. The lowest BCUT2D eigenvalue weighted by atomic mass is 10.1. The Morgan fingerprint density at radius 2 is 2.00 bits per heavy atom. The molecule has 2 heterocycles. The van der Waals surface area contributed by atoms with Crippen LogP contribution in [0.4, 0.5) is 0 Å². The van der Waals surface area contributed by atoms with Gasteiger partial charge in [0, 0.05) is 24.6 Å². The van der Waals surface area contributed by atoms with Crippen LogP contribution in [0.1, 0.15) is 23.0 Å². The highest BCUT2D eigenvalue weighted by Crippen LogP contribution is 2.19. The molecule has 0 amide bonds. The molecule has 0 aliphatic heterocycles. The van der Waals surface area contributed by atoms with Gasteiger partial charge < -0.3 is 10.3 Å². The standard InChI is InChI=1S/C12H16N4/c1-9-10(2)16(8-15-9)12(7-13)11-3-5-14-6-4-11/h3-6,8,12H,7,13H2,1-2H3. The van der Waals surface area contributed by atoms with E-state index < -0.39 is 0 Å². The number of aryl methyl sites for hydroxylation is 1. The molecule has 4 heteroatoms. The molecule has 2 rings (SSSR count). The number of nitrogens with two attached hydrogens (primary N) is 1. The number of rotatable bonds is 3. The molecule has 1 atom stereocenters. The summed E-state index contributed by atoms with van der Waals surface area (Å²) in [5, 5.41) is 0. The third-order valence-corrected chi connectivity index (χ3v) is 2.94. The molecule has 0 saturated heterocycles. The average Bonchev–Trinajstić information content (AvgIpc) is 2.64. The van der Waals surface area contributed by atoms with Crippen molar-refractivity contribution >= 4 is 0 Å². The first kappa shape index (κ1) is 10.8. The van der Waals surface area contributed by atoms with E-state index >= 15 is 0 Å². The Balaban J connectivity index is 2.41. The molecule has 0 aliphatic rings. The number of nitrogens with zero attached hydrogens (tertiary/aromatic N) is 3. The summed E-state index contributed by atoms with van der Waals surface area (Å²) in [4.78, 5) is 8.32. The molecule has 16 heavy (non-hydrogen) atoms. The number of aromatic nitrogens is 3. The summed E-state index contributed by atoms with van der Waals surface area (Å²) in [6.45, 7) is 4.62. The number of hydrogen-bond acceptors (Lipinski definition) is 3. The van der Waals surface area contributed by atoms with Gasteiger partial charge >= 0.3 is 0 Å². The highest BCUT2D eigenvalue weighted by Gasteiger charge is 2.14. The van der Waals surface area contributed by atoms with Crippen LogP contribution in [0.25, 0.3) is 0 Å². The molecule has 0 aromatic carbocycles. The molecule has 0 spiro atoms. The summed E-state index contributed by atoms with van der Waals surface area (Å²) in [6, 6.07) is 4.13. The summed E-state index contributed by atoms with van der Waals surface area (Å²) in [6.07, 6.45) is 5.43. The van der Waals surface area contributed by atoms with Gasteiger partial charge in [0.1, 0.15) is 0 Å². The predicted molar refractivity (Wildman–Crippen MR) is 63.1 cm³/mol. The van der Waals surface area contributed by atoms with Crippen molar-refractivity contribution in [1.82, 2.24) is 14.5 Å². The fourth-order valence-corrected chi connectivity index (χ4v) is 1.83. The molecule has 0 saturated carbocycles. The minimum atomic E-state index is 0.143. The van der Waals surface area contributed by atoms with Gasteiger partial charge in [0.05, 0.1) is 18.1 Å². The van der Waals surface area contributed by atoms with E-state index in [4.69, 9.17) is 5.73 Å². The van der Waals surface area contributed by atoms with Crippen molar-refractivity contribution in [2.45, 2.75) is 19.9 Å². The summed E-state index contributed by atoms with van der Waals surface area (Å²) in [5.74, 6) is 0. The van der Waals surface area contributed by atoms with Crippen molar-refractivity contribution in [3.05, 3.63) is 47.8 Å². The lowest BCUT2D eigenvalue weighted by Gasteiger charge is -2.18. The summed E-state index contributed by atoms with van der Waals surface area (Å²) >= 11 is 0. The molecule has 1 unspecified atom stereocenters. The molecule has 0 bridgehead atoms. The largest absolute Gasteiger partial charge is 0.328 e. The molecule has 0 aliphatic carbocycles. The smallest absolute Gasteiger partial charge is 0.0957 e. The Bertz CT molecular complexity index is 461. The second-order valence-electron chi connectivity index (χ2n) is 3.85. The fraction of sp³-hybridized carbons (Fsp3) is 0.333. The van der Waals surface area contributed by atoms with Crippen LogP contribution < -0.4 is 5.73 Å². The van der Waals surface area contributed by atoms with Crippen LogP contribution in [0.2, 0.25) is 0 Å². The Morgan fingerprint density at radius 3 is 2.50 bits per heavy atom. The Labute approximate surface area is 95.1 Å². The summed E-state index contributed by atoms with van der Waals surface area (Å²) < 4.78 is 2.12. The molecule has 2 aromatic heterocycles. The van der Waals surface area contributed by atoms with Crippen molar-refractivity contribution in [2.75, 3.05) is 6.54 Å². The summed E-state index contributed by atoms with van der Waals surface area (Å²) in [7, 11) is 0. The van der Waals surface area contributed by atoms with E-state index in [1.807, 2.05) is 25.4 Å². The van der Waals surface area contributed by atoms with Gasteiger partial charge in [0.15, 0.2) is 0 Å². The molecule has 4 nitrogen and oxygen atoms in total. The zero-order valence-corrected chi connectivity index (χ0v) is 9.59. The normalized spacial score (nSPS) is 12.7. The maximum absolute atomic E-state index is 5.85. The van der Waals surface area contributed by atoms with Gasteiger partial charge in [-0.1, -0.05) is 0 Å². The molecule has 0 radical (unpaired) electrons. The van der Waals surface area contributed by atoms with Crippen LogP contribution in [-0.4, -0.2) is 21.1 Å². The van der Waals surface area contributed by atoms with Gasteiger partial charge in [-0.2, -0.15) is 0 Å². The molecule has 84 valence electrons. The lowest BCUT2D eigenvalue weighted by molar-refractivity contribution is 0.580. The van der Waals surface area contributed by atoms with E-state index in [0.717, 1.165) is 17.0 Å². The van der Waals surface area contributed by atoms with Crippen LogP contribution in [0.3, 0.4) is 0 Å². The summed E-state index contributed by atoms with van der Waals surface area (Å²) in [5.41, 5.74) is 9.22. The second-order valence-corrected chi connectivity index (χ2v) is 3.85. The van der Waals surface area contributed by atoms with Gasteiger partial charge in [-0.3, -0.25) is 4.98 Å². The quantitative estimate of drug-likeness (QED) is 0.844. The average molecular weight is 216 g/mol. The Morgan fingerprint density at radius 1 is 1.31 bits per heavy atom. The van der Waals surface area contributed by atoms with Crippen molar-refractivity contribution < 1.29 is 0 Å². The van der Waals surface area contributed by atoms with Gasteiger partial charge in [-0.15, -0.1) is 0 Å². The number of imidazole rings is 1. The van der Waals surface area contributed by atoms with Crippen molar-refractivity contribution in [3.8, 4) is 0 Å². The van der Waals surface area contributed by atoms with Crippen molar-refractivity contribution in [1.29, 1.82) is 0 Å². The minimum absolute atomic E-state index is 0.143. The SMILES string of the molecule is Cc1ncn(C(CN)c2ccncc2)c1C. The molecule has 2 aromatic rings. The third kappa shape index (κ3) is 1.84. The highest BCUT2D eigenvalue weighted by molar-refractivity contribution is 5.20. The maximum Gasteiger partial charge on any atom is 0.0957 e. The first-order valence-electron chi connectivity index (χ1n) is 5.34. The van der Waals surface area contributed by atoms with Crippen molar-refractivity contribution in [2.24, 2.45) is 5.73 Å². The Hall–Kier alpha value is -1.68. The van der Waals surface area contributed by atoms with E-state index in [2.05, 4.69) is 21.5 Å².